The molecule has 0 spiro atoms. The number of rotatable bonds is 6. The fraction of sp³-hybridized carbons (Fsp3) is 0.355. The molecule has 1 unspecified atom stereocenters. The highest BCUT2D eigenvalue weighted by atomic mass is 16.5. The van der Waals surface area contributed by atoms with Crippen LogP contribution in [0.15, 0.2) is 54.6 Å². The van der Waals surface area contributed by atoms with Gasteiger partial charge in [0, 0.05) is 43.1 Å². The van der Waals surface area contributed by atoms with E-state index in [1.807, 2.05) is 24.0 Å². The number of urea groups is 1. The Bertz CT molecular complexity index is 1430. The van der Waals surface area contributed by atoms with Gasteiger partial charge in [-0.05, 0) is 80.8 Å². The van der Waals surface area contributed by atoms with Crippen LogP contribution in [-0.4, -0.2) is 72.0 Å². The molecule has 0 aliphatic carbocycles. The predicted octanol–water partition coefficient (Wildman–Crippen LogP) is 4.34. The largest absolute Gasteiger partial charge is 0.497 e. The van der Waals surface area contributed by atoms with Gasteiger partial charge in [-0.25, -0.2) is 9.78 Å². The topological polar surface area (TPSA) is 86.3 Å². The molecular formula is C31H35N5O4. The van der Waals surface area contributed by atoms with E-state index in [0.717, 1.165) is 22.6 Å². The number of carbonyl (C=O) groups excluding carboxylic acids is 3. The Morgan fingerprint density at radius 2 is 1.57 bits per heavy atom. The summed E-state index contributed by atoms with van der Waals surface area (Å²) in [5.74, 6) is 1.39. The maximum atomic E-state index is 13.3. The molecule has 2 aromatic carbocycles. The number of benzene rings is 2. The van der Waals surface area contributed by atoms with Crippen molar-refractivity contribution in [2.75, 3.05) is 43.1 Å². The van der Waals surface area contributed by atoms with Crippen molar-refractivity contribution in [3.8, 4) is 5.75 Å². The number of hydrogen-bond donors (Lipinski definition) is 0. The van der Waals surface area contributed by atoms with Crippen molar-refractivity contribution in [2.45, 2.75) is 40.3 Å². The summed E-state index contributed by atoms with van der Waals surface area (Å²) in [6.07, 6.45) is 0. The number of aromatic nitrogens is 1. The summed E-state index contributed by atoms with van der Waals surface area (Å²) in [5.41, 5.74) is 5.32. The number of hydrogen-bond acceptors (Lipinski definition) is 6. The van der Waals surface area contributed by atoms with E-state index >= 15 is 0 Å². The second-order valence-corrected chi connectivity index (χ2v) is 10.5. The van der Waals surface area contributed by atoms with Crippen LogP contribution in [-0.2, 0) is 11.3 Å². The second kappa shape index (κ2) is 11.0. The summed E-state index contributed by atoms with van der Waals surface area (Å²) in [6.45, 7) is 10.7. The fourth-order valence-electron chi connectivity index (χ4n) is 5.34. The molecule has 0 N–H and O–H groups in total. The van der Waals surface area contributed by atoms with Crippen LogP contribution in [0.2, 0.25) is 0 Å². The molecule has 4 amide bonds. The number of pyridine rings is 1. The lowest BCUT2D eigenvalue weighted by Crippen LogP contribution is -2.49. The number of imide groups is 1. The molecule has 3 heterocycles. The lowest BCUT2D eigenvalue weighted by molar-refractivity contribution is -0.127. The van der Waals surface area contributed by atoms with E-state index in [-0.39, 0.29) is 24.4 Å². The first-order valence-corrected chi connectivity index (χ1v) is 13.5. The summed E-state index contributed by atoms with van der Waals surface area (Å²) in [5, 5.41) is 0. The SMILES string of the molecule is COc1ccc(CN2C(=O)C(C)N(c3ccc(C(=O)N4CCN(c5nc(C)c(C)cc5C)CC4)cc3)C2=O)cc1. The number of ether oxygens (including phenoxy) is 1. The minimum absolute atomic E-state index is 0.0472. The first-order chi connectivity index (χ1) is 19.2. The Hall–Kier alpha value is -4.40. The highest BCUT2D eigenvalue weighted by molar-refractivity contribution is 6.14. The van der Waals surface area contributed by atoms with Gasteiger partial charge in [0.1, 0.15) is 17.6 Å². The number of methoxy groups -OCH3 is 1. The Balaban J connectivity index is 1.23. The summed E-state index contributed by atoms with van der Waals surface area (Å²) < 4.78 is 5.19. The van der Waals surface area contributed by atoms with E-state index in [2.05, 4.69) is 24.8 Å². The van der Waals surface area contributed by atoms with Crippen molar-refractivity contribution in [3.05, 3.63) is 82.5 Å². The molecule has 2 aliphatic heterocycles. The Morgan fingerprint density at radius 3 is 2.20 bits per heavy atom. The summed E-state index contributed by atoms with van der Waals surface area (Å²) in [7, 11) is 1.59. The smallest absolute Gasteiger partial charge is 0.332 e. The third-order valence-electron chi connectivity index (χ3n) is 7.84. The monoisotopic (exact) mass is 541 g/mol. The maximum Gasteiger partial charge on any atom is 0.332 e. The molecular weight excluding hydrogens is 506 g/mol. The average Bonchev–Trinajstić information content (AvgIpc) is 3.18. The summed E-state index contributed by atoms with van der Waals surface area (Å²) in [4.78, 5) is 51.1. The maximum absolute atomic E-state index is 13.3. The van der Waals surface area contributed by atoms with Crippen LogP contribution >= 0.6 is 0 Å². The zero-order valence-electron chi connectivity index (χ0n) is 23.7. The van der Waals surface area contributed by atoms with E-state index in [1.165, 1.54) is 15.4 Å². The van der Waals surface area contributed by atoms with Crippen LogP contribution in [0.5, 0.6) is 5.75 Å². The van der Waals surface area contributed by atoms with Crippen LogP contribution in [0.3, 0.4) is 0 Å². The van der Waals surface area contributed by atoms with Crippen molar-refractivity contribution in [3.63, 3.8) is 0 Å². The standard InChI is InChI=1S/C31H35N5O4/c1-20-18-21(2)28(32-22(20)3)33-14-16-34(17-15-33)30(38)25-8-10-26(11-9-25)36-23(4)29(37)35(31(36)39)19-24-6-12-27(40-5)13-7-24/h6-13,18,23H,14-17,19H2,1-5H3. The van der Waals surface area contributed by atoms with Gasteiger partial charge in [-0.3, -0.25) is 19.4 Å². The molecule has 208 valence electrons. The molecule has 2 fully saturated rings. The fourth-order valence-corrected chi connectivity index (χ4v) is 5.34. The van der Waals surface area contributed by atoms with E-state index in [4.69, 9.17) is 9.72 Å². The Morgan fingerprint density at radius 1 is 0.925 bits per heavy atom. The van der Waals surface area contributed by atoms with Gasteiger partial charge in [0.2, 0.25) is 0 Å². The second-order valence-electron chi connectivity index (χ2n) is 10.5. The predicted molar refractivity (Wildman–Crippen MR) is 154 cm³/mol. The van der Waals surface area contributed by atoms with Crippen LogP contribution < -0.4 is 14.5 Å². The third kappa shape index (κ3) is 5.11. The van der Waals surface area contributed by atoms with Crippen molar-refractivity contribution >= 4 is 29.4 Å². The molecule has 3 aromatic rings. The van der Waals surface area contributed by atoms with Gasteiger partial charge in [-0.15, -0.1) is 0 Å². The number of carbonyl (C=O) groups is 3. The van der Waals surface area contributed by atoms with Gasteiger partial charge >= 0.3 is 6.03 Å². The molecule has 9 nitrogen and oxygen atoms in total. The molecule has 40 heavy (non-hydrogen) atoms. The first-order valence-electron chi connectivity index (χ1n) is 13.5. The Kier molecular flexibility index (Phi) is 7.47. The quantitative estimate of drug-likeness (QED) is 0.432. The van der Waals surface area contributed by atoms with Gasteiger partial charge in [-0.1, -0.05) is 18.2 Å². The molecule has 0 radical (unpaired) electrons. The number of piperazine rings is 1. The third-order valence-corrected chi connectivity index (χ3v) is 7.84. The van der Waals surface area contributed by atoms with Gasteiger partial charge in [-0.2, -0.15) is 0 Å². The van der Waals surface area contributed by atoms with Crippen molar-refractivity contribution in [1.29, 1.82) is 0 Å². The minimum Gasteiger partial charge on any atom is -0.497 e. The highest BCUT2D eigenvalue weighted by Gasteiger charge is 2.43. The van der Waals surface area contributed by atoms with Gasteiger partial charge in [0.25, 0.3) is 11.8 Å². The lowest BCUT2D eigenvalue weighted by atomic mass is 10.1. The number of amides is 4. The van der Waals surface area contributed by atoms with Crippen molar-refractivity contribution < 1.29 is 19.1 Å². The zero-order chi connectivity index (χ0) is 28.6. The number of anilines is 2. The van der Waals surface area contributed by atoms with E-state index in [9.17, 15) is 14.4 Å². The van der Waals surface area contributed by atoms with Crippen LogP contribution in [0.1, 0.15) is 39.7 Å². The molecule has 5 rings (SSSR count). The lowest BCUT2D eigenvalue weighted by Gasteiger charge is -2.36. The minimum atomic E-state index is -0.636. The molecule has 2 aliphatic rings. The number of aryl methyl sites for hydroxylation is 3. The van der Waals surface area contributed by atoms with Crippen LogP contribution in [0, 0.1) is 20.8 Å². The van der Waals surface area contributed by atoms with E-state index in [1.54, 1.807) is 50.4 Å². The average molecular weight is 542 g/mol. The summed E-state index contributed by atoms with van der Waals surface area (Å²) in [6, 6.07) is 15.4. The first kappa shape index (κ1) is 27.2. The van der Waals surface area contributed by atoms with Gasteiger partial charge in [0.15, 0.2) is 0 Å². The van der Waals surface area contributed by atoms with E-state index < -0.39 is 6.04 Å². The molecule has 1 atom stereocenters. The van der Waals surface area contributed by atoms with Crippen molar-refractivity contribution in [1.82, 2.24) is 14.8 Å². The normalized spacial score (nSPS) is 17.6. The van der Waals surface area contributed by atoms with E-state index in [0.29, 0.717) is 43.2 Å². The number of nitrogens with zero attached hydrogens (tertiary/aromatic N) is 5. The Labute approximate surface area is 235 Å². The highest BCUT2D eigenvalue weighted by Crippen LogP contribution is 2.28. The molecule has 1 aromatic heterocycles. The van der Waals surface area contributed by atoms with Gasteiger partial charge in [0.05, 0.1) is 13.7 Å². The van der Waals surface area contributed by atoms with Gasteiger partial charge < -0.3 is 14.5 Å². The van der Waals surface area contributed by atoms with Crippen LogP contribution in [0.25, 0.3) is 0 Å². The molecule has 9 heteroatoms. The van der Waals surface area contributed by atoms with Crippen molar-refractivity contribution in [2.24, 2.45) is 0 Å². The molecule has 0 saturated carbocycles. The zero-order valence-corrected chi connectivity index (χ0v) is 23.7. The summed E-state index contributed by atoms with van der Waals surface area (Å²) >= 11 is 0. The molecule has 2 saturated heterocycles. The van der Waals surface area contributed by atoms with Crippen LogP contribution in [0.4, 0.5) is 16.3 Å². The molecule has 0 bridgehead atoms.